The minimum Gasteiger partial charge on any atom is -0.457 e. The van der Waals surface area contributed by atoms with E-state index in [-0.39, 0.29) is 12.2 Å². The summed E-state index contributed by atoms with van der Waals surface area (Å²) in [4.78, 5) is 26.0. The molecule has 1 aliphatic rings. The summed E-state index contributed by atoms with van der Waals surface area (Å²) in [5.74, 6) is 0.521. The number of nitrogens with zero attached hydrogens (tertiary/aromatic N) is 2. The van der Waals surface area contributed by atoms with E-state index in [0.29, 0.717) is 32.7 Å². The molecule has 2 aromatic carbocycles. The molecule has 2 heterocycles. The van der Waals surface area contributed by atoms with Crippen LogP contribution in [0.25, 0.3) is 17.4 Å². The molecule has 3 amide bonds. The lowest BCUT2D eigenvalue weighted by Crippen LogP contribution is -2.30. The normalized spacial score (nSPS) is 14.8. The van der Waals surface area contributed by atoms with Crippen LogP contribution in [-0.4, -0.2) is 16.8 Å². The number of carbonyl (C=O) groups is 2. The summed E-state index contributed by atoms with van der Waals surface area (Å²) in [5, 5.41) is 12.2. The smallest absolute Gasteiger partial charge is 0.329 e. The third kappa shape index (κ3) is 3.94. The molecule has 1 aliphatic heterocycles. The summed E-state index contributed by atoms with van der Waals surface area (Å²) >= 11 is 11.9. The van der Waals surface area contributed by atoms with Crippen LogP contribution in [0.5, 0.6) is 0 Å². The van der Waals surface area contributed by atoms with Crippen molar-refractivity contribution in [2.24, 2.45) is 0 Å². The van der Waals surface area contributed by atoms with E-state index in [1.807, 2.05) is 0 Å². The van der Waals surface area contributed by atoms with Gasteiger partial charge in [0.2, 0.25) is 0 Å². The molecular formula is C22H13Cl2N3O3. The average molecular weight is 438 g/mol. The van der Waals surface area contributed by atoms with E-state index in [2.05, 4.69) is 11.4 Å². The van der Waals surface area contributed by atoms with Gasteiger partial charge >= 0.3 is 6.03 Å². The molecule has 0 spiro atoms. The van der Waals surface area contributed by atoms with Crippen molar-refractivity contribution in [3.63, 3.8) is 0 Å². The Morgan fingerprint density at radius 3 is 2.50 bits per heavy atom. The minimum atomic E-state index is -0.531. The zero-order valence-corrected chi connectivity index (χ0v) is 16.9. The molecule has 30 heavy (non-hydrogen) atoms. The van der Waals surface area contributed by atoms with Gasteiger partial charge in [0.25, 0.3) is 5.91 Å². The average Bonchev–Trinajstić information content (AvgIpc) is 3.31. The van der Waals surface area contributed by atoms with Crippen molar-refractivity contribution in [2.45, 2.75) is 6.54 Å². The van der Waals surface area contributed by atoms with E-state index in [1.54, 1.807) is 54.6 Å². The van der Waals surface area contributed by atoms with Gasteiger partial charge in [-0.1, -0.05) is 29.3 Å². The Morgan fingerprint density at radius 2 is 1.80 bits per heavy atom. The van der Waals surface area contributed by atoms with Crippen LogP contribution in [0.15, 0.2) is 64.7 Å². The van der Waals surface area contributed by atoms with Gasteiger partial charge in [0, 0.05) is 11.6 Å². The second-order valence-corrected chi connectivity index (χ2v) is 7.33. The second kappa shape index (κ2) is 8.07. The Hall–Kier alpha value is -3.53. The van der Waals surface area contributed by atoms with Gasteiger partial charge in [0.15, 0.2) is 0 Å². The highest BCUT2D eigenvalue weighted by Crippen LogP contribution is 2.26. The molecule has 148 valence electrons. The number of halogens is 2. The molecular weight excluding hydrogens is 425 g/mol. The maximum atomic E-state index is 12.7. The SMILES string of the molecule is N#Cc1ccc(-c2ccc(C=C3NC(=O)N(Cc4ccc(Cl)c(Cl)c4)C3=O)o2)cc1. The molecule has 1 aromatic heterocycles. The summed E-state index contributed by atoms with van der Waals surface area (Å²) in [6.45, 7) is 0.0630. The molecule has 1 N–H and O–H groups in total. The highest BCUT2D eigenvalue weighted by atomic mass is 35.5. The van der Waals surface area contributed by atoms with Crippen molar-refractivity contribution in [2.75, 3.05) is 0 Å². The maximum absolute atomic E-state index is 12.7. The Labute approximate surface area is 181 Å². The van der Waals surface area contributed by atoms with Crippen molar-refractivity contribution >= 4 is 41.2 Å². The first kappa shape index (κ1) is 19.8. The number of urea groups is 1. The summed E-state index contributed by atoms with van der Waals surface area (Å²) in [7, 11) is 0. The fourth-order valence-electron chi connectivity index (χ4n) is 2.97. The number of amides is 3. The third-order valence-corrected chi connectivity index (χ3v) is 5.24. The molecule has 0 radical (unpaired) electrons. The lowest BCUT2D eigenvalue weighted by Gasteiger charge is -2.12. The Morgan fingerprint density at radius 1 is 1.03 bits per heavy atom. The van der Waals surface area contributed by atoms with Crippen LogP contribution < -0.4 is 5.32 Å². The highest BCUT2D eigenvalue weighted by molar-refractivity contribution is 6.42. The molecule has 4 rings (SSSR count). The Bertz CT molecular complexity index is 1220. The second-order valence-electron chi connectivity index (χ2n) is 6.52. The maximum Gasteiger partial charge on any atom is 0.329 e. The van der Waals surface area contributed by atoms with Gasteiger partial charge in [0.1, 0.15) is 17.2 Å². The van der Waals surface area contributed by atoms with Gasteiger partial charge in [-0.2, -0.15) is 5.26 Å². The summed E-state index contributed by atoms with van der Waals surface area (Å²) < 4.78 is 5.76. The van der Waals surface area contributed by atoms with Crippen LogP contribution >= 0.6 is 23.2 Å². The predicted molar refractivity (Wildman–Crippen MR) is 112 cm³/mol. The first-order chi connectivity index (χ1) is 14.4. The summed E-state index contributed by atoms with van der Waals surface area (Å²) in [5.41, 5.74) is 2.13. The first-order valence-corrected chi connectivity index (χ1v) is 9.59. The van der Waals surface area contributed by atoms with E-state index in [9.17, 15) is 9.59 Å². The fraction of sp³-hybridized carbons (Fsp3) is 0.0455. The van der Waals surface area contributed by atoms with Crippen molar-refractivity contribution in [3.05, 3.63) is 87.2 Å². The van der Waals surface area contributed by atoms with Gasteiger partial charge in [-0.15, -0.1) is 0 Å². The number of benzene rings is 2. The van der Waals surface area contributed by atoms with Crippen molar-refractivity contribution in [1.29, 1.82) is 5.26 Å². The number of imide groups is 1. The number of hydrogen-bond donors (Lipinski definition) is 1. The number of hydrogen-bond acceptors (Lipinski definition) is 4. The number of nitriles is 1. The minimum absolute atomic E-state index is 0.0630. The zero-order chi connectivity index (χ0) is 21.3. The van der Waals surface area contributed by atoms with Gasteiger partial charge in [-0.05, 0) is 54.1 Å². The largest absolute Gasteiger partial charge is 0.457 e. The van der Waals surface area contributed by atoms with E-state index in [1.165, 1.54) is 6.08 Å². The molecule has 1 fully saturated rings. The van der Waals surface area contributed by atoms with Crippen molar-refractivity contribution in [1.82, 2.24) is 10.2 Å². The van der Waals surface area contributed by atoms with E-state index in [0.717, 1.165) is 10.5 Å². The van der Waals surface area contributed by atoms with Crippen molar-refractivity contribution in [3.8, 4) is 17.4 Å². The number of furan rings is 1. The molecule has 0 aliphatic carbocycles. The van der Waals surface area contributed by atoms with Gasteiger partial charge in [-0.25, -0.2) is 4.79 Å². The number of nitrogens with one attached hydrogen (secondary N) is 1. The first-order valence-electron chi connectivity index (χ1n) is 8.83. The zero-order valence-electron chi connectivity index (χ0n) is 15.4. The topological polar surface area (TPSA) is 86.3 Å². The van der Waals surface area contributed by atoms with Gasteiger partial charge < -0.3 is 9.73 Å². The van der Waals surface area contributed by atoms with Gasteiger partial charge in [0.05, 0.1) is 28.2 Å². The van der Waals surface area contributed by atoms with Crippen LogP contribution in [0, 0.1) is 11.3 Å². The number of carbonyl (C=O) groups excluding carboxylic acids is 2. The Balaban J connectivity index is 1.52. The quantitative estimate of drug-likeness (QED) is 0.447. The standard InChI is InChI=1S/C22H13Cl2N3O3/c23-17-7-3-14(9-18(17)24)12-27-21(28)19(26-22(27)29)10-16-6-8-20(30-16)15-4-1-13(11-25)2-5-15/h1-10H,12H2,(H,26,29). The molecule has 0 saturated carbocycles. The van der Waals surface area contributed by atoms with Crippen LogP contribution in [0.3, 0.4) is 0 Å². The molecule has 1 saturated heterocycles. The molecule has 3 aromatic rings. The molecule has 0 atom stereocenters. The lowest BCUT2D eigenvalue weighted by atomic mass is 10.1. The van der Waals surface area contributed by atoms with Crippen LogP contribution in [-0.2, 0) is 11.3 Å². The summed E-state index contributed by atoms with van der Waals surface area (Å²) in [6.07, 6.45) is 1.47. The van der Waals surface area contributed by atoms with Crippen molar-refractivity contribution < 1.29 is 14.0 Å². The third-order valence-electron chi connectivity index (χ3n) is 4.50. The van der Waals surface area contributed by atoms with E-state index >= 15 is 0 Å². The lowest BCUT2D eigenvalue weighted by molar-refractivity contribution is -0.123. The van der Waals surface area contributed by atoms with E-state index in [4.69, 9.17) is 32.9 Å². The Kier molecular flexibility index (Phi) is 5.32. The summed E-state index contributed by atoms with van der Waals surface area (Å²) in [6, 6.07) is 16.8. The predicted octanol–water partition coefficient (Wildman–Crippen LogP) is 5.22. The van der Waals surface area contributed by atoms with Crippen LogP contribution in [0.1, 0.15) is 16.9 Å². The molecule has 8 heteroatoms. The molecule has 6 nitrogen and oxygen atoms in total. The highest BCUT2D eigenvalue weighted by Gasteiger charge is 2.33. The van der Waals surface area contributed by atoms with E-state index < -0.39 is 11.9 Å². The molecule has 0 unspecified atom stereocenters. The fourth-order valence-corrected chi connectivity index (χ4v) is 3.29. The number of rotatable bonds is 4. The van der Waals surface area contributed by atoms with Crippen LogP contribution in [0.4, 0.5) is 4.79 Å². The molecule has 0 bridgehead atoms. The monoisotopic (exact) mass is 437 g/mol. The van der Waals surface area contributed by atoms with Gasteiger partial charge in [-0.3, -0.25) is 9.69 Å². The van der Waals surface area contributed by atoms with Crippen LogP contribution in [0.2, 0.25) is 10.0 Å².